The minimum atomic E-state index is 0.467. The monoisotopic (exact) mass is 198 g/mol. The SMILES string of the molecule is Cc1csc(C2=N[C@H](C)CS2)n1. The van der Waals surface area contributed by atoms with Crippen LogP contribution in [-0.2, 0) is 0 Å². The number of aryl methyl sites for hydroxylation is 1. The third kappa shape index (κ3) is 1.54. The van der Waals surface area contributed by atoms with Crippen LogP contribution in [0.25, 0.3) is 0 Å². The predicted octanol–water partition coefficient (Wildman–Crippen LogP) is 2.33. The molecule has 0 aliphatic carbocycles. The normalized spacial score (nSPS) is 22.8. The molecule has 1 atom stereocenters. The van der Waals surface area contributed by atoms with Crippen LogP contribution in [0.2, 0.25) is 0 Å². The standard InChI is InChI=1S/C8H10N2S2/c1-5-3-11-7(9-5)8-10-6(2)4-12-8/h3,6H,4H2,1-2H3/t6-/m1/s1. The van der Waals surface area contributed by atoms with Crippen molar-refractivity contribution in [1.82, 2.24) is 4.98 Å². The van der Waals surface area contributed by atoms with Crippen molar-refractivity contribution in [2.75, 3.05) is 5.75 Å². The Labute approximate surface area is 80.1 Å². The highest BCUT2D eigenvalue weighted by Crippen LogP contribution is 2.24. The van der Waals surface area contributed by atoms with Crippen LogP contribution in [0.3, 0.4) is 0 Å². The first-order valence-corrected chi connectivity index (χ1v) is 5.75. The highest BCUT2D eigenvalue weighted by molar-refractivity contribution is 8.15. The summed E-state index contributed by atoms with van der Waals surface area (Å²) in [6, 6.07) is 0.467. The summed E-state index contributed by atoms with van der Waals surface area (Å²) in [4.78, 5) is 8.89. The molecule has 0 aromatic carbocycles. The van der Waals surface area contributed by atoms with Crippen molar-refractivity contribution in [3.05, 3.63) is 16.1 Å². The summed E-state index contributed by atoms with van der Waals surface area (Å²) in [6.07, 6.45) is 0. The number of aromatic nitrogens is 1. The fourth-order valence-electron chi connectivity index (χ4n) is 1.04. The van der Waals surface area contributed by atoms with E-state index in [0.29, 0.717) is 6.04 Å². The highest BCUT2D eigenvalue weighted by Gasteiger charge is 2.17. The van der Waals surface area contributed by atoms with Gasteiger partial charge in [0.05, 0.1) is 6.04 Å². The first kappa shape index (κ1) is 8.26. The smallest absolute Gasteiger partial charge is 0.148 e. The van der Waals surface area contributed by atoms with Crippen molar-refractivity contribution in [3.8, 4) is 0 Å². The lowest BCUT2D eigenvalue weighted by Gasteiger charge is -1.89. The Bertz CT molecular complexity index is 317. The second kappa shape index (κ2) is 3.18. The van der Waals surface area contributed by atoms with Crippen LogP contribution in [0, 0.1) is 6.92 Å². The number of aliphatic imine (C=N–C) groups is 1. The molecule has 0 fully saturated rings. The Morgan fingerprint density at radius 3 is 2.92 bits per heavy atom. The summed E-state index contributed by atoms with van der Waals surface area (Å²) in [7, 11) is 0. The molecule has 4 heteroatoms. The fraction of sp³-hybridized carbons (Fsp3) is 0.500. The highest BCUT2D eigenvalue weighted by atomic mass is 32.2. The minimum Gasteiger partial charge on any atom is -0.271 e. The molecule has 1 aliphatic rings. The van der Waals surface area contributed by atoms with Crippen LogP contribution >= 0.6 is 23.1 Å². The quantitative estimate of drug-likeness (QED) is 0.692. The van der Waals surface area contributed by atoms with Gasteiger partial charge in [-0.3, -0.25) is 4.99 Å². The van der Waals surface area contributed by atoms with Gasteiger partial charge in [-0.05, 0) is 13.8 Å². The number of thiazole rings is 1. The first-order valence-electron chi connectivity index (χ1n) is 3.89. The van der Waals surface area contributed by atoms with Gasteiger partial charge in [-0.15, -0.1) is 23.1 Å². The van der Waals surface area contributed by atoms with Gasteiger partial charge in [-0.1, -0.05) is 0 Å². The second-order valence-electron chi connectivity index (χ2n) is 2.89. The average Bonchev–Trinajstić information content (AvgIpc) is 2.58. The number of rotatable bonds is 1. The van der Waals surface area contributed by atoms with E-state index < -0.39 is 0 Å². The van der Waals surface area contributed by atoms with Gasteiger partial charge in [-0.2, -0.15) is 0 Å². The summed E-state index contributed by atoms with van der Waals surface area (Å²) in [5.41, 5.74) is 1.10. The van der Waals surface area contributed by atoms with E-state index in [9.17, 15) is 0 Å². The number of hydrogen-bond acceptors (Lipinski definition) is 4. The van der Waals surface area contributed by atoms with Crippen LogP contribution in [0.15, 0.2) is 10.4 Å². The largest absolute Gasteiger partial charge is 0.271 e. The van der Waals surface area contributed by atoms with Crippen molar-refractivity contribution in [2.24, 2.45) is 4.99 Å². The zero-order valence-corrected chi connectivity index (χ0v) is 8.71. The Morgan fingerprint density at radius 1 is 1.58 bits per heavy atom. The maximum atomic E-state index is 4.50. The summed E-state index contributed by atoms with van der Waals surface area (Å²) >= 11 is 3.50. The zero-order valence-electron chi connectivity index (χ0n) is 7.07. The van der Waals surface area contributed by atoms with Gasteiger partial charge in [0.15, 0.2) is 0 Å². The Hall–Kier alpha value is -0.350. The molecule has 0 amide bonds. The van der Waals surface area contributed by atoms with Gasteiger partial charge < -0.3 is 0 Å². The van der Waals surface area contributed by atoms with E-state index in [-0.39, 0.29) is 0 Å². The van der Waals surface area contributed by atoms with Crippen LogP contribution in [0.1, 0.15) is 17.6 Å². The van der Waals surface area contributed by atoms with Crippen LogP contribution in [0.5, 0.6) is 0 Å². The molecule has 1 aromatic heterocycles. The van der Waals surface area contributed by atoms with E-state index in [1.807, 2.05) is 18.7 Å². The molecule has 2 rings (SSSR count). The molecule has 0 unspecified atom stereocenters. The van der Waals surface area contributed by atoms with E-state index in [4.69, 9.17) is 0 Å². The second-order valence-corrected chi connectivity index (χ2v) is 4.76. The number of thioether (sulfide) groups is 1. The lowest BCUT2D eigenvalue weighted by atomic mass is 10.4. The van der Waals surface area contributed by atoms with Gasteiger partial charge in [0.2, 0.25) is 0 Å². The summed E-state index contributed by atoms with van der Waals surface area (Å²) in [5, 5.41) is 4.28. The van der Waals surface area contributed by atoms with E-state index in [1.54, 1.807) is 11.3 Å². The summed E-state index contributed by atoms with van der Waals surface area (Å²) in [6.45, 7) is 4.16. The molecule has 0 saturated heterocycles. The summed E-state index contributed by atoms with van der Waals surface area (Å²) in [5.74, 6) is 1.11. The Balaban J connectivity index is 2.26. The van der Waals surface area contributed by atoms with E-state index in [1.165, 1.54) is 0 Å². The van der Waals surface area contributed by atoms with Crippen LogP contribution in [0.4, 0.5) is 0 Å². The minimum absolute atomic E-state index is 0.467. The molecule has 1 aromatic rings. The van der Waals surface area contributed by atoms with Gasteiger partial charge in [0.25, 0.3) is 0 Å². The lowest BCUT2D eigenvalue weighted by molar-refractivity contribution is 0.865. The average molecular weight is 198 g/mol. The van der Waals surface area contributed by atoms with Crippen molar-refractivity contribution in [2.45, 2.75) is 19.9 Å². The molecular formula is C8H10N2S2. The molecule has 2 nitrogen and oxygen atoms in total. The number of hydrogen-bond donors (Lipinski definition) is 0. The van der Waals surface area contributed by atoms with Gasteiger partial charge in [0, 0.05) is 16.8 Å². The Morgan fingerprint density at radius 2 is 2.42 bits per heavy atom. The lowest BCUT2D eigenvalue weighted by Crippen LogP contribution is -1.93. The fourth-order valence-corrected chi connectivity index (χ4v) is 2.95. The molecular weight excluding hydrogens is 188 g/mol. The van der Waals surface area contributed by atoms with Gasteiger partial charge >= 0.3 is 0 Å². The van der Waals surface area contributed by atoms with Crippen LogP contribution < -0.4 is 0 Å². The van der Waals surface area contributed by atoms with Crippen molar-refractivity contribution in [3.63, 3.8) is 0 Å². The van der Waals surface area contributed by atoms with E-state index in [0.717, 1.165) is 21.5 Å². The molecule has 0 saturated carbocycles. The maximum absolute atomic E-state index is 4.50. The maximum Gasteiger partial charge on any atom is 0.148 e. The molecule has 12 heavy (non-hydrogen) atoms. The third-order valence-corrected chi connectivity index (χ3v) is 3.92. The predicted molar refractivity (Wildman–Crippen MR) is 55.3 cm³/mol. The molecule has 0 spiro atoms. The van der Waals surface area contributed by atoms with E-state index in [2.05, 4.69) is 22.3 Å². The van der Waals surface area contributed by atoms with Crippen molar-refractivity contribution in [1.29, 1.82) is 0 Å². The van der Waals surface area contributed by atoms with Crippen molar-refractivity contribution >= 4 is 28.1 Å². The topological polar surface area (TPSA) is 25.2 Å². The van der Waals surface area contributed by atoms with E-state index >= 15 is 0 Å². The third-order valence-electron chi connectivity index (χ3n) is 1.60. The molecule has 2 heterocycles. The van der Waals surface area contributed by atoms with Crippen LogP contribution in [-0.4, -0.2) is 21.8 Å². The molecule has 64 valence electrons. The molecule has 1 aliphatic heterocycles. The van der Waals surface area contributed by atoms with Gasteiger partial charge in [0.1, 0.15) is 10.1 Å². The first-order chi connectivity index (χ1) is 5.75. The molecule has 0 bridgehead atoms. The summed E-state index contributed by atoms with van der Waals surface area (Å²) < 4.78 is 0. The zero-order chi connectivity index (χ0) is 8.55. The van der Waals surface area contributed by atoms with Gasteiger partial charge in [-0.25, -0.2) is 4.98 Å². The van der Waals surface area contributed by atoms with Crippen molar-refractivity contribution < 1.29 is 0 Å². The Kier molecular flexibility index (Phi) is 2.19. The number of nitrogens with zero attached hydrogens (tertiary/aromatic N) is 2. The molecule has 0 radical (unpaired) electrons. The molecule has 0 N–H and O–H groups in total.